The lowest BCUT2D eigenvalue weighted by atomic mass is 9.98. The van der Waals surface area contributed by atoms with Gasteiger partial charge in [0.2, 0.25) is 5.60 Å². The number of guanidine groups is 1. The lowest BCUT2D eigenvalue weighted by Crippen LogP contribution is -2.45. The first-order valence-electron chi connectivity index (χ1n) is 9.40. The van der Waals surface area contributed by atoms with E-state index in [-0.39, 0.29) is 6.54 Å². The summed E-state index contributed by atoms with van der Waals surface area (Å²) in [6, 6.07) is 8.00. The molecule has 0 saturated heterocycles. The van der Waals surface area contributed by atoms with Gasteiger partial charge in [-0.05, 0) is 19.4 Å². The van der Waals surface area contributed by atoms with E-state index in [0.29, 0.717) is 19.0 Å². The second kappa shape index (κ2) is 9.30. The van der Waals surface area contributed by atoms with Crippen LogP contribution in [0, 0.1) is 6.92 Å². The van der Waals surface area contributed by atoms with Crippen molar-refractivity contribution in [1.29, 1.82) is 0 Å². The van der Waals surface area contributed by atoms with Crippen LogP contribution in [0.5, 0.6) is 0 Å². The van der Waals surface area contributed by atoms with Crippen molar-refractivity contribution in [1.82, 2.24) is 19.8 Å². The maximum absolute atomic E-state index is 13.6. The van der Waals surface area contributed by atoms with Crippen molar-refractivity contribution in [3.05, 3.63) is 53.6 Å². The summed E-state index contributed by atoms with van der Waals surface area (Å²) in [6.45, 7) is 4.79. The van der Waals surface area contributed by atoms with E-state index in [1.165, 1.54) is 24.0 Å². The SMILES string of the molecule is CCNC(=NCCC(O)(c1nccn1C)C(F)(F)F)N(C)Cc1ccc(C)cc1. The maximum atomic E-state index is 13.6. The monoisotopic (exact) mass is 411 g/mol. The third-order valence-corrected chi connectivity index (χ3v) is 4.63. The molecule has 2 N–H and O–H groups in total. The van der Waals surface area contributed by atoms with Crippen molar-refractivity contribution in [2.75, 3.05) is 20.1 Å². The Morgan fingerprint density at radius 2 is 1.93 bits per heavy atom. The highest BCUT2D eigenvalue weighted by molar-refractivity contribution is 5.79. The summed E-state index contributed by atoms with van der Waals surface area (Å²) < 4.78 is 42.0. The minimum absolute atomic E-state index is 0.219. The average Bonchev–Trinajstić information content (AvgIpc) is 3.08. The minimum atomic E-state index is -4.87. The van der Waals surface area contributed by atoms with E-state index in [0.717, 1.165) is 11.1 Å². The Hall–Kier alpha value is -2.55. The summed E-state index contributed by atoms with van der Waals surface area (Å²) in [6.07, 6.45) is -2.90. The van der Waals surface area contributed by atoms with E-state index in [1.807, 2.05) is 50.1 Å². The molecular formula is C20H28F3N5O. The molecule has 1 heterocycles. The van der Waals surface area contributed by atoms with Crippen LogP contribution in [-0.2, 0) is 19.2 Å². The van der Waals surface area contributed by atoms with Gasteiger partial charge in [0, 0.05) is 52.5 Å². The largest absolute Gasteiger partial charge is 0.424 e. The number of benzene rings is 1. The first-order chi connectivity index (χ1) is 13.6. The van der Waals surface area contributed by atoms with Crippen LogP contribution in [0.2, 0.25) is 0 Å². The zero-order valence-corrected chi connectivity index (χ0v) is 17.2. The number of hydrogen-bond donors (Lipinski definition) is 2. The Bertz CT molecular complexity index is 816. The second-order valence-electron chi connectivity index (χ2n) is 7.05. The van der Waals surface area contributed by atoms with E-state index in [9.17, 15) is 18.3 Å². The molecule has 1 atom stereocenters. The molecule has 160 valence electrons. The van der Waals surface area contributed by atoms with E-state index >= 15 is 0 Å². The lowest BCUT2D eigenvalue weighted by Gasteiger charge is -2.29. The molecule has 2 rings (SSSR count). The zero-order valence-electron chi connectivity index (χ0n) is 17.2. The Balaban J connectivity index is 2.15. The molecular weight excluding hydrogens is 383 g/mol. The molecule has 0 aliphatic rings. The second-order valence-corrected chi connectivity index (χ2v) is 7.05. The van der Waals surface area contributed by atoms with Crippen molar-refractivity contribution in [2.24, 2.45) is 12.0 Å². The molecule has 0 aliphatic heterocycles. The Morgan fingerprint density at radius 3 is 2.45 bits per heavy atom. The summed E-state index contributed by atoms with van der Waals surface area (Å²) in [5.41, 5.74) is -0.858. The van der Waals surface area contributed by atoms with Crippen molar-refractivity contribution in [2.45, 2.75) is 38.6 Å². The van der Waals surface area contributed by atoms with Gasteiger partial charge in [-0.1, -0.05) is 29.8 Å². The van der Waals surface area contributed by atoms with Crippen LogP contribution in [-0.4, -0.2) is 51.8 Å². The molecule has 0 radical (unpaired) electrons. The van der Waals surface area contributed by atoms with Gasteiger partial charge in [0.15, 0.2) is 5.96 Å². The number of rotatable bonds is 7. The molecule has 0 aliphatic carbocycles. The summed E-state index contributed by atoms with van der Waals surface area (Å²) >= 11 is 0. The average molecular weight is 411 g/mol. The molecule has 1 aromatic carbocycles. The molecule has 1 aromatic heterocycles. The third-order valence-electron chi connectivity index (χ3n) is 4.63. The molecule has 2 aromatic rings. The highest BCUT2D eigenvalue weighted by atomic mass is 19.4. The molecule has 0 fully saturated rings. The summed E-state index contributed by atoms with van der Waals surface area (Å²) in [5.74, 6) is 0.0238. The Labute approximate surface area is 169 Å². The number of imidazole rings is 1. The number of halogens is 3. The molecule has 0 amide bonds. The van der Waals surface area contributed by atoms with Crippen LogP contribution in [0.1, 0.15) is 30.3 Å². The first kappa shape index (κ1) is 22.7. The summed E-state index contributed by atoms with van der Waals surface area (Å²) in [5, 5.41) is 13.5. The summed E-state index contributed by atoms with van der Waals surface area (Å²) in [7, 11) is 3.23. The van der Waals surface area contributed by atoms with Crippen molar-refractivity contribution < 1.29 is 18.3 Å². The van der Waals surface area contributed by atoms with Crippen molar-refractivity contribution >= 4 is 5.96 Å². The standard InChI is InChI=1S/C20H28F3N5O/c1-5-24-18(28(4)14-16-8-6-15(2)7-9-16)26-11-10-19(29,20(21,22)23)17-25-12-13-27(17)3/h6-9,12-13,29H,5,10-11,14H2,1-4H3,(H,24,26). The van der Waals surface area contributed by atoms with Crippen LogP contribution >= 0.6 is 0 Å². The fourth-order valence-corrected chi connectivity index (χ4v) is 2.98. The number of aromatic nitrogens is 2. The van der Waals surface area contributed by atoms with Crippen LogP contribution in [0.25, 0.3) is 0 Å². The molecule has 0 bridgehead atoms. The molecule has 6 nitrogen and oxygen atoms in total. The number of nitrogens with one attached hydrogen (secondary N) is 1. The van der Waals surface area contributed by atoms with E-state index in [2.05, 4.69) is 15.3 Å². The minimum Gasteiger partial charge on any atom is -0.374 e. The van der Waals surface area contributed by atoms with Gasteiger partial charge in [0.1, 0.15) is 5.82 Å². The molecule has 0 spiro atoms. The quantitative estimate of drug-likeness (QED) is 0.543. The van der Waals surface area contributed by atoms with Gasteiger partial charge < -0.3 is 19.9 Å². The van der Waals surface area contributed by atoms with Crippen LogP contribution in [0.3, 0.4) is 0 Å². The Kier molecular flexibility index (Phi) is 7.29. The van der Waals surface area contributed by atoms with Crippen LogP contribution in [0.15, 0.2) is 41.7 Å². The smallest absolute Gasteiger partial charge is 0.374 e. The van der Waals surface area contributed by atoms with Gasteiger partial charge in [0.05, 0.1) is 0 Å². The van der Waals surface area contributed by atoms with Gasteiger partial charge in [-0.3, -0.25) is 4.99 Å². The van der Waals surface area contributed by atoms with Gasteiger partial charge in [-0.25, -0.2) is 4.98 Å². The highest BCUT2D eigenvalue weighted by Gasteiger charge is 2.57. The third kappa shape index (κ3) is 5.50. The Morgan fingerprint density at radius 1 is 1.28 bits per heavy atom. The van der Waals surface area contributed by atoms with Gasteiger partial charge >= 0.3 is 6.18 Å². The molecule has 1 unspecified atom stereocenters. The number of aliphatic hydroxyl groups is 1. The molecule has 9 heteroatoms. The lowest BCUT2D eigenvalue weighted by molar-refractivity contribution is -0.272. The number of hydrogen-bond acceptors (Lipinski definition) is 3. The number of nitrogens with zero attached hydrogens (tertiary/aromatic N) is 4. The number of alkyl halides is 3. The van der Waals surface area contributed by atoms with Gasteiger partial charge in [-0.15, -0.1) is 0 Å². The van der Waals surface area contributed by atoms with Gasteiger partial charge in [0.25, 0.3) is 0 Å². The predicted molar refractivity (Wildman–Crippen MR) is 106 cm³/mol. The molecule has 0 saturated carbocycles. The maximum Gasteiger partial charge on any atom is 0.424 e. The topological polar surface area (TPSA) is 65.7 Å². The summed E-state index contributed by atoms with van der Waals surface area (Å²) in [4.78, 5) is 9.84. The van der Waals surface area contributed by atoms with Crippen LogP contribution < -0.4 is 5.32 Å². The van der Waals surface area contributed by atoms with E-state index in [1.54, 1.807) is 0 Å². The van der Waals surface area contributed by atoms with Crippen LogP contribution in [0.4, 0.5) is 13.2 Å². The number of aryl methyl sites for hydroxylation is 2. The fourth-order valence-electron chi connectivity index (χ4n) is 2.98. The van der Waals surface area contributed by atoms with Crippen molar-refractivity contribution in [3.63, 3.8) is 0 Å². The highest BCUT2D eigenvalue weighted by Crippen LogP contribution is 2.40. The normalized spacial score (nSPS) is 14.6. The zero-order chi connectivity index (χ0) is 21.7. The van der Waals surface area contributed by atoms with E-state index in [4.69, 9.17) is 0 Å². The fraction of sp³-hybridized carbons (Fsp3) is 0.500. The van der Waals surface area contributed by atoms with Gasteiger partial charge in [-0.2, -0.15) is 13.2 Å². The molecule has 29 heavy (non-hydrogen) atoms. The van der Waals surface area contributed by atoms with Crippen molar-refractivity contribution in [3.8, 4) is 0 Å². The predicted octanol–water partition coefficient (Wildman–Crippen LogP) is 2.97. The first-order valence-corrected chi connectivity index (χ1v) is 9.40. The number of aliphatic imine (C=N–C) groups is 1. The van der Waals surface area contributed by atoms with E-state index < -0.39 is 24.0 Å².